The molecule has 0 atom stereocenters. The molecule has 102 valence electrons. The second-order valence-electron chi connectivity index (χ2n) is 5.16. The predicted octanol–water partition coefficient (Wildman–Crippen LogP) is 1.52. The Balaban J connectivity index is 1.92. The van der Waals surface area contributed by atoms with Crippen molar-refractivity contribution < 1.29 is 9.63 Å². The highest BCUT2D eigenvalue weighted by molar-refractivity contribution is 5.18. The molecule has 0 fully saturated rings. The fourth-order valence-electron chi connectivity index (χ4n) is 1.58. The van der Waals surface area contributed by atoms with E-state index in [0.717, 1.165) is 5.56 Å². The third-order valence-corrected chi connectivity index (χ3v) is 2.83. The molecule has 0 spiro atoms. The summed E-state index contributed by atoms with van der Waals surface area (Å²) >= 11 is 0. The molecule has 0 aliphatic rings. The van der Waals surface area contributed by atoms with Crippen molar-refractivity contribution in [2.24, 2.45) is 0 Å². The summed E-state index contributed by atoms with van der Waals surface area (Å²) in [6.07, 6.45) is 0.660. The lowest BCUT2D eigenvalue weighted by Gasteiger charge is -2.22. The highest BCUT2D eigenvalue weighted by atomic mass is 16.5. The van der Waals surface area contributed by atoms with Crippen molar-refractivity contribution in [3.05, 3.63) is 47.6 Å². The van der Waals surface area contributed by atoms with Gasteiger partial charge in [-0.3, -0.25) is 0 Å². The van der Waals surface area contributed by atoms with Crippen LogP contribution in [-0.2, 0) is 13.0 Å². The highest BCUT2D eigenvalue weighted by Gasteiger charge is 2.17. The molecular weight excluding hydrogens is 242 g/mol. The molecule has 0 aliphatic heterocycles. The lowest BCUT2D eigenvalue weighted by atomic mass is 10.1. The third kappa shape index (κ3) is 4.15. The molecule has 5 heteroatoms. The van der Waals surface area contributed by atoms with E-state index in [1.165, 1.54) is 0 Å². The number of benzene rings is 1. The van der Waals surface area contributed by atoms with Gasteiger partial charge in [0.25, 0.3) is 0 Å². The van der Waals surface area contributed by atoms with Gasteiger partial charge in [-0.15, -0.1) is 0 Å². The van der Waals surface area contributed by atoms with Crippen LogP contribution in [0.1, 0.15) is 31.1 Å². The molecule has 0 aliphatic carbocycles. The van der Waals surface area contributed by atoms with Crippen molar-refractivity contribution in [2.75, 3.05) is 6.61 Å². The zero-order valence-electron chi connectivity index (χ0n) is 11.3. The number of nitrogens with zero attached hydrogens (tertiary/aromatic N) is 2. The second kappa shape index (κ2) is 5.95. The van der Waals surface area contributed by atoms with E-state index in [1.54, 1.807) is 0 Å². The maximum atomic E-state index is 9.14. The van der Waals surface area contributed by atoms with Crippen LogP contribution < -0.4 is 5.32 Å². The summed E-state index contributed by atoms with van der Waals surface area (Å²) in [5, 5.41) is 16.2. The first-order chi connectivity index (χ1) is 9.09. The van der Waals surface area contributed by atoms with E-state index in [0.29, 0.717) is 24.7 Å². The molecule has 2 N–H and O–H groups in total. The van der Waals surface area contributed by atoms with Crippen molar-refractivity contribution >= 4 is 0 Å². The van der Waals surface area contributed by atoms with Crippen LogP contribution in [0.5, 0.6) is 0 Å². The Labute approximate surface area is 112 Å². The number of aliphatic hydroxyl groups excluding tert-OH is 1. The van der Waals surface area contributed by atoms with E-state index in [4.69, 9.17) is 9.63 Å². The van der Waals surface area contributed by atoms with Gasteiger partial charge < -0.3 is 14.9 Å². The summed E-state index contributed by atoms with van der Waals surface area (Å²) in [6, 6.07) is 10.0. The minimum Gasteiger partial charge on any atom is -0.394 e. The van der Waals surface area contributed by atoms with Crippen LogP contribution in [0.3, 0.4) is 0 Å². The van der Waals surface area contributed by atoms with E-state index in [9.17, 15) is 0 Å². The summed E-state index contributed by atoms with van der Waals surface area (Å²) < 4.78 is 5.17. The molecular formula is C14H19N3O2. The maximum Gasteiger partial charge on any atom is 0.240 e. The van der Waals surface area contributed by atoms with Crippen LogP contribution in [-0.4, -0.2) is 27.4 Å². The Bertz CT molecular complexity index is 508. The second-order valence-corrected chi connectivity index (χ2v) is 5.16. The van der Waals surface area contributed by atoms with Crippen LogP contribution >= 0.6 is 0 Å². The first-order valence-corrected chi connectivity index (χ1v) is 6.30. The van der Waals surface area contributed by atoms with E-state index in [-0.39, 0.29) is 12.1 Å². The number of rotatable bonds is 6. The number of aromatic nitrogens is 2. The van der Waals surface area contributed by atoms with Crippen molar-refractivity contribution in [3.63, 3.8) is 0 Å². The normalized spacial score (nSPS) is 11.7. The van der Waals surface area contributed by atoms with E-state index in [2.05, 4.69) is 15.5 Å². The van der Waals surface area contributed by atoms with Crippen LogP contribution in [0.4, 0.5) is 0 Å². The zero-order valence-corrected chi connectivity index (χ0v) is 11.3. The van der Waals surface area contributed by atoms with Gasteiger partial charge >= 0.3 is 0 Å². The lowest BCUT2D eigenvalue weighted by molar-refractivity contribution is 0.182. The van der Waals surface area contributed by atoms with Gasteiger partial charge in [0.1, 0.15) is 0 Å². The van der Waals surface area contributed by atoms with E-state index >= 15 is 0 Å². The maximum absolute atomic E-state index is 9.14. The van der Waals surface area contributed by atoms with Crippen LogP contribution in [0.25, 0.3) is 0 Å². The first kappa shape index (κ1) is 13.7. The Morgan fingerprint density at radius 1 is 1.26 bits per heavy atom. The molecule has 1 aromatic heterocycles. The number of hydrogen-bond donors (Lipinski definition) is 2. The monoisotopic (exact) mass is 261 g/mol. The Morgan fingerprint density at radius 3 is 2.68 bits per heavy atom. The van der Waals surface area contributed by atoms with Crippen molar-refractivity contribution in [3.8, 4) is 0 Å². The molecule has 0 amide bonds. The minimum atomic E-state index is -0.353. The van der Waals surface area contributed by atoms with Crippen molar-refractivity contribution in [1.82, 2.24) is 15.5 Å². The zero-order chi connectivity index (χ0) is 13.7. The van der Waals surface area contributed by atoms with Gasteiger partial charge in [0.05, 0.1) is 13.2 Å². The summed E-state index contributed by atoms with van der Waals surface area (Å²) in [6.45, 7) is 4.33. The SMILES string of the molecule is CC(C)(CO)NCc1nc(Cc2ccccc2)no1. The molecule has 0 unspecified atom stereocenters. The average molecular weight is 261 g/mol. The van der Waals surface area contributed by atoms with Gasteiger partial charge in [0.2, 0.25) is 5.89 Å². The van der Waals surface area contributed by atoms with Gasteiger partial charge in [-0.2, -0.15) is 4.98 Å². The van der Waals surface area contributed by atoms with Crippen LogP contribution in [0, 0.1) is 0 Å². The summed E-state index contributed by atoms with van der Waals surface area (Å²) in [4.78, 5) is 4.32. The molecule has 1 heterocycles. The molecule has 19 heavy (non-hydrogen) atoms. The quantitative estimate of drug-likeness (QED) is 0.825. The molecule has 2 aromatic rings. The molecule has 2 rings (SSSR count). The standard InChI is InChI=1S/C14H19N3O2/c1-14(2,10-18)15-9-13-16-12(17-19-13)8-11-6-4-3-5-7-11/h3-7,15,18H,8-10H2,1-2H3. The predicted molar refractivity (Wildman–Crippen MR) is 71.6 cm³/mol. The smallest absolute Gasteiger partial charge is 0.240 e. The summed E-state index contributed by atoms with van der Waals surface area (Å²) in [5.41, 5.74) is 0.798. The summed E-state index contributed by atoms with van der Waals surface area (Å²) in [7, 11) is 0. The van der Waals surface area contributed by atoms with Gasteiger partial charge in [-0.25, -0.2) is 0 Å². The fraction of sp³-hybridized carbons (Fsp3) is 0.429. The van der Waals surface area contributed by atoms with Gasteiger partial charge in [0, 0.05) is 12.0 Å². The Hall–Kier alpha value is -1.72. The van der Waals surface area contributed by atoms with Crippen molar-refractivity contribution in [1.29, 1.82) is 0 Å². The van der Waals surface area contributed by atoms with Crippen LogP contribution in [0.2, 0.25) is 0 Å². The first-order valence-electron chi connectivity index (χ1n) is 6.30. The molecule has 0 saturated carbocycles. The molecule has 1 aromatic carbocycles. The molecule has 0 radical (unpaired) electrons. The number of hydrogen-bond acceptors (Lipinski definition) is 5. The molecule has 0 saturated heterocycles. The minimum absolute atomic E-state index is 0.0536. The summed E-state index contributed by atoms with van der Waals surface area (Å²) in [5.74, 6) is 1.21. The Kier molecular flexibility index (Phi) is 4.29. The van der Waals surface area contributed by atoms with Gasteiger partial charge in [0.15, 0.2) is 5.82 Å². The fourth-order valence-corrected chi connectivity index (χ4v) is 1.58. The number of aliphatic hydroxyl groups is 1. The topological polar surface area (TPSA) is 71.2 Å². The highest BCUT2D eigenvalue weighted by Crippen LogP contribution is 2.07. The van der Waals surface area contributed by atoms with E-state index in [1.807, 2.05) is 44.2 Å². The van der Waals surface area contributed by atoms with Crippen LogP contribution in [0.15, 0.2) is 34.9 Å². The Morgan fingerprint density at radius 2 is 2.00 bits per heavy atom. The van der Waals surface area contributed by atoms with Gasteiger partial charge in [-0.1, -0.05) is 35.5 Å². The molecule has 5 nitrogen and oxygen atoms in total. The molecule has 0 bridgehead atoms. The lowest BCUT2D eigenvalue weighted by Crippen LogP contribution is -2.42. The van der Waals surface area contributed by atoms with Crippen molar-refractivity contribution in [2.45, 2.75) is 32.4 Å². The number of nitrogens with one attached hydrogen (secondary N) is 1. The van der Waals surface area contributed by atoms with Gasteiger partial charge in [-0.05, 0) is 19.4 Å². The average Bonchev–Trinajstić information content (AvgIpc) is 2.86. The van der Waals surface area contributed by atoms with E-state index < -0.39 is 0 Å². The third-order valence-electron chi connectivity index (χ3n) is 2.83. The largest absolute Gasteiger partial charge is 0.394 e.